The quantitative estimate of drug-likeness (QED) is 0.913. The normalized spacial score (nSPS) is 30.9. The Balaban J connectivity index is 1.76. The number of hydrogen-bond donors (Lipinski definition) is 1. The molecule has 1 amide bonds. The molecular weight excluding hydrogens is 288 g/mol. The molecule has 2 fully saturated rings. The van der Waals surface area contributed by atoms with Gasteiger partial charge in [-0.05, 0) is 38.7 Å². The van der Waals surface area contributed by atoms with Crippen LogP contribution in [0.3, 0.4) is 0 Å². The van der Waals surface area contributed by atoms with Crippen LogP contribution in [0.2, 0.25) is 0 Å². The lowest BCUT2D eigenvalue weighted by Crippen LogP contribution is -2.58. The Morgan fingerprint density at radius 1 is 1.26 bits per heavy atom. The van der Waals surface area contributed by atoms with E-state index in [-0.39, 0.29) is 29.5 Å². The van der Waals surface area contributed by atoms with Crippen LogP contribution < -0.4 is 5.73 Å². The largest absolute Gasteiger partial charge is 0.369 e. The Hall–Kier alpha value is -1.39. The fourth-order valence-corrected chi connectivity index (χ4v) is 3.78. The molecule has 0 radical (unpaired) electrons. The van der Waals surface area contributed by atoms with Gasteiger partial charge in [0.2, 0.25) is 5.91 Å². The van der Waals surface area contributed by atoms with Gasteiger partial charge in [-0.25, -0.2) is 0 Å². The number of ether oxygens (including phenoxy) is 1. The minimum Gasteiger partial charge on any atom is -0.369 e. The van der Waals surface area contributed by atoms with Crippen LogP contribution in [0.15, 0.2) is 30.3 Å². The Bertz CT molecular complexity index is 544. The molecule has 1 aliphatic carbocycles. The number of rotatable bonds is 2. The predicted molar refractivity (Wildman–Crippen MR) is 90.9 cm³/mol. The van der Waals surface area contributed by atoms with E-state index < -0.39 is 0 Å². The summed E-state index contributed by atoms with van der Waals surface area (Å²) >= 11 is 0. The number of carbonyl (C=O) groups excluding carboxylic acids is 1. The Morgan fingerprint density at radius 3 is 2.70 bits per heavy atom. The van der Waals surface area contributed by atoms with E-state index in [0.29, 0.717) is 13.2 Å². The maximum Gasteiger partial charge on any atom is 0.226 e. The van der Waals surface area contributed by atoms with Gasteiger partial charge in [0.05, 0.1) is 18.7 Å². The lowest BCUT2D eigenvalue weighted by molar-refractivity contribution is -0.160. The summed E-state index contributed by atoms with van der Waals surface area (Å²) in [5.41, 5.74) is 6.96. The fourth-order valence-electron chi connectivity index (χ4n) is 3.78. The van der Waals surface area contributed by atoms with Gasteiger partial charge >= 0.3 is 0 Å². The molecule has 1 aliphatic heterocycles. The molecule has 23 heavy (non-hydrogen) atoms. The first-order valence-corrected chi connectivity index (χ1v) is 8.71. The van der Waals surface area contributed by atoms with Crippen molar-refractivity contribution in [2.75, 3.05) is 13.2 Å². The van der Waals surface area contributed by atoms with E-state index in [1.165, 1.54) is 0 Å². The second kappa shape index (κ2) is 6.62. The molecule has 0 bridgehead atoms. The average Bonchev–Trinajstić information content (AvgIpc) is 2.55. The molecule has 1 heterocycles. The zero-order valence-corrected chi connectivity index (χ0v) is 14.2. The summed E-state index contributed by atoms with van der Waals surface area (Å²) in [4.78, 5) is 15.1. The number of carbonyl (C=O) groups is 1. The summed E-state index contributed by atoms with van der Waals surface area (Å²) in [5.74, 6) is 0.335. The highest BCUT2D eigenvalue weighted by molar-refractivity contribution is 5.80. The van der Waals surface area contributed by atoms with Gasteiger partial charge in [0.25, 0.3) is 0 Å². The molecule has 2 aliphatic rings. The molecule has 4 heteroatoms. The van der Waals surface area contributed by atoms with Crippen molar-refractivity contribution in [3.63, 3.8) is 0 Å². The number of nitrogens with zero attached hydrogens (tertiary/aromatic N) is 1. The molecule has 2 N–H and O–H groups in total. The topological polar surface area (TPSA) is 55.6 Å². The molecule has 0 unspecified atom stereocenters. The lowest BCUT2D eigenvalue weighted by Gasteiger charge is -2.47. The first-order chi connectivity index (χ1) is 11.0. The molecule has 1 aromatic rings. The third-order valence-corrected chi connectivity index (χ3v) is 5.22. The Morgan fingerprint density at radius 2 is 2.00 bits per heavy atom. The molecule has 3 rings (SSSR count). The maximum atomic E-state index is 13.1. The van der Waals surface area contributed by atoms with Gasteiger partial charge in [0, 0.05) is 12.0 Å². The number of benzene rings is 1. The Labute approximate surface area is 139 Å². The fraction of sp³-hybridized carbons (Fsp3) is 0.632. The minimum absolute atomic E-state index is 0.0366. The molecular formula is C19H28N2O2. The molecule has 3 atom stereocenters. The van der Waals surface area contributed by atoms with Crippen LogP contribution >= 0.6 is 0 Å². The lowest BCUT2D eigenvalue weighted by atomic mass is 9.84. The molecule has 1 saturated heterocycles. The van der Waals surface area contributed by atoms with Crippen molar-refractivity contribution in [2.24, 2.45) is 11.7 Å². The summed E-state index contributed by atoms with van der Waals surface area (Å²) in [5, 5.41) is 0. The van der Waals surface area contributed by atoms with E-state index in [2.05, 4.69) is 26.0 Å². The van der Waals surface area contributed by atoms with Crippen molar-refractivity contribution in [1.29, 1.82) is 0 Å². The third kappa shape index (κ3) is 3.59. The van der Waals surface area contributed by atoms with E-state index in [9.17, 15) is 4.79 Å². The molecule has 0 spiro atoms. The highest BCUT2D eigenvalue weighted by Gasteiger charge is 2.41. The zero-order valence-electron chi connectivity index (χ0n) is 14.2. The third-order valence-electron chi connectivity index (χ3n) is 5.22. The monoisotopic (exact) mass is 316 g/mol. The van der Waals surface area contributed by atoms with Crippen LogP contribution in [0.25, 0.3) is 0 Å². The average molecular weight is 316 g/mol. The second-order valence-electron chi connectivity index (χ2n) is 7.60. The number of nitrogens with two attached hydrogens (primary N) is 1. The van der Waals surface area contributed by atoms with Gasteiger partial charge in [-0.1, -0.05) is 36.8 Å². The second-order valence-corrected chi connectivity index (χ2v) is 7.60. The van der Waals surface area contributed by atoms with E-state index >= 15 is 0 Å². The molecule has 4 nitrogen and oxygen atoms in total. The summed E-state index contributed by atoms with van der Waals surface area (Å²) < 4.78 is 6.05. The van der Waals surface area contributed by atoms with E-state index in [0.717, 1.165) is 31.2 Å². The SMILES string of the molecule is CC1(C)CO[C@H](c2ccccc2)CN1C(=O)[C@@H]1CCC[C@@H](N)C1. The molecule has 1 saturated carbocycles. The van der Waals surface area contributed by atoms with Crippen molar-refractivity contribution >= 4 is 5.91 Å². The van der Waals surface area contributed by atoms with Gasteiger partial charge in [0.15, 0.2) is 0 Å². The highest BCUT2D eigenvalue weighted by atomic mass is 16.5. The van der Waals surface area contributed by atoms with Crippen LogP contribution in [-0.2, 0) is 9.53 Å². The van der Waals surface area contributed by atoms with E-state index in [4.69, 9.17) is 10.5 Å². The first kappa shape index (κ1) is 16.5. The summed E-state index contributed by atoms with van der Waals surface area (Å²) in [6.07, 6.45) is 3.86. The van der Waals surface area contributed by atoms with Gasteiger partial charge < -0.3 is 15.4 Å². The van der Waals surface area contributed by atoms with Crippen LogP contribution in [-0.4, -0.2) is 35.5 Å². The van der Waals surface area contributed by atoms with E-state index in [1.54, 1.807) is 0 Å². The standard InChI is InChI=1S/C19H28N2O2/c1-19(2)13-23-17(14-7-4-3-5-8-14)12-21(19)18(22)15-9-6-10-16(20)11-15/h3-5,7-8,15-17H,6,9-13,20H2,1-2H3/t15-,16-,17+/m1/s1. The number of morpholine rings is 1. The van der Waals surface area contributed by atoms with Crippen LogP contribution in [0.1, 0.15) is 51.2 Å². The predicted octanol–water partition coefficient (Wildman–Crippen LogP) is 2.88. The zero-order chi connectivity index (χ0) is 16.4. The maximum absolute atomic E-state index is 13.1. The van der Waals surface area contributed by atoms with Crippen molar-refractivity contribution in [3.8, 4) is 0 Å². The summed E-state index contributed by atoms with van der Waals surface area (Å²) in [6.45, 7) is 5.38. The molecule has 1 aromatic carbocycles. The van der Waals surface area contributed by atoms with Crippen LogP contribution in [0.5, 0.6) is 0 Å². The van der Waals surface area contributed by atoms with Gasteiger partial charge in [-0.2, -0.15) is 0 Å². The summed E-state index contributed by atoms with van der Waals surface area (Å²) in [6, 6.07) is 10.4. The highest BCUT2D eigenvalue weighted by Crippen LogP contribution is 2.34. The van der Waals surface area contributed by atoms with Crippen molar-refractivity contribution in [1.82, 2.24) is 4.90 Å². The number of hydrogen-bond acceptors (Lipinski definition) is 3. The van der Waals surface area contributed by atoms with Gasteiger partial charge in [-0.3, -0.25) is 4.79 Å². The van der Waals surface area contributed by atoms with Gasteiger partial charge in [0.1, 0.15) is 6.10 Å². The smallest absolute Gasteiger partial charge is 0.226 e. The van der Waals surface area contributed by atoms with Crippen molar-refractivity contribution < 1.29 is 9.53 Å². The van der Waals surface area contributed by atoms with Crippen LogP contribution in [0.4, 0.5) is 0 Å². The van der Waals surface area contributed by atoms with Crippen LogP contribution in [0, 0.1) is 5.92 Å². The minimum atomic E-state index is -0.260. The Kier molecular flexibility index (Phi) is 4.74. The summed E-state index contributed by atoms with van der Waals surface area (Å²) in [7, 11) is 0. The van der Waals surface area contributed by atoms with E-state index in [1.807, 2.05) is 23.1 Å². The van der Waals surface area contributed by atoms with Crippen molar-refractivity contribution in [2.45, 2.75) is 57.2 Å². The number of amides is 1. The van der Waals surface area contributed by atoms with Crippen molar-refractivity contribution in [3.05, 3.63) is 35.9 Å². The molecule has 126 valence electrons. The first-order valence-electron chi connectivity index (χ1n) is 8.71. The van der Waals surface area contributed by atoms with Gasteiger partial charge in [-0.15, -0.1) is 0 Å². The molecule has 0 aromatic heterocycles.